The Morgan fingerprint density at radius 1 is 0.390 bits per heavy atom. The summed E-state index contributed by atoms with van der Waals surface area (Å²) in [6, 6.07) is 0. The summed E-state index contributed by atoms with van der Waals surface area (Å²) in [7, 11) is 0. The molecular weight excluding hydrogens is 648 g/mol. The van der Waals surface area contributed by atoms with Crippen molar-refractivity contribution in [2.24, 2.45) is 0 Å². The van der Waals surface area contributed by atoms with E-state index in [2.05, 4.69) is 38.2 Å². The van der Waals surface area contributed by atoms with Gasteiger partial charge in [-0.05, 0) is 77.0 Å². The minimum absolute atomic E-state index is 0. The van der Waals surface area contributed by atoms with Crippen molar-refractivity contribution in [2.75, 3.05) is 0 Å². The van der Waals surface area contributed by atoms with E-state index in [1.807, 2.05) is 0 Å². The van der Waals surface area contributed by atoms with Crippen LogP contribution in [0.3, 0.4) is 0 Å². The number of hydrogen-bond donors (Lipinski definition) is 0. The van der Waals surface area contributed by atoms with Crippen LogP contribution in [0, 0.1) is 49.4 Å². The predicted molar refractivity (Wildman–Crippen MR) is 169 cm³/mol. The average Bonchev–Trinajstić information content (AvgIpc) is 2.93. The first-order valence-corrected chi connectivity index (χ1v) is 17.2. The van der Waals surface area contributed by atoms with Gasteiger partial charge in [0.15, 0.2) is 0 Å². The molecule has 0 amide bonds. The van der Waals surface area contributed by atoms with Crippen LogP contribution in [0.15, 0.2) is 24.3 Å². The number of aliphatic carboxylic acids is 2. The molecule has 0 aromatic heterocycles. The summed E-state index contributed by atoms with van der Waals surface area (Å²) in [6.45, 7) is 4.51. The normalized spacial score (nSPS) is 11.0. The number of unbranched alkanes of at least 4 members (excludes halogenated alkanes) is 22. The molecule has 0 spiro atoms. The van der Waals surface area contributed by atoms with E-state index < -0.39 is 11.9 Å². The van der Waals surface area contributed by atoms with Crippen LogP contribution in [0.25, 0.3) is 0 Å². The maximum Gasteiger partial charge on any atom is 2.00 e. The molecule has 0 heterocycles. The number of carbonyl (C=O) groups is 2. The molecule has 0 rings (SSSR count). The molecule has 0 aliphatic heterocycles. The number of carbonyl (C=O) groups excluding carboxylic acids is 2. The average molecular weight is 715 g/mol. The van der Waals surface area contributed by atoms with E-state index in [0.29, 0.717) is 0 Å². The van der Waals surface area contributed by atoms with Crippen LogP contribution >= 0.6 is 0 Å². The van der Waals surface area contributed by atoms with Crippen LogP contribution in [-0.4, -0.2) is 11.9 Å². The number of allylic oxidation sites excluding steroid dienone is 4. The monoisotopic (exact) mass is 715 g/mol. The molecular formula is C36H66EuO4. The Labute approximate surface area is 296 Å². The number of rotatable bonds is 30. The zero-order valence-corrected chi connectivity index (χ0v) is 29.5. The molecule has 0 bridgehead atoms. The summed E-state index contributed by atoms with van der Waals surface area (Å²) < 4.78 is 0. The van der Waals surface area contributed by atoms with Crippen molar-refractivity contribution in [3.63, 3.8) is 0 Å². The molecule has 0 saturated heterocycles. The second-order valence-electron chi connectivity index (χ2n) is 11.4. The SMILES string of the molecule is CCCCCCCCC=CCCCCCCCC(=O)[O-].CCCCCCCCC=CCCCCCCCC(=O)[O-].[Eu+2]. The summed E-state index contributed by atoms with van der Waals surface area (Å²) in [5.41, 5.74) is 0. The molecule has 0 fully saturated rings. The van der Waals surface area contributed by atoms with Gasteiger partial charge in [-0.25, -0.2) is 0 Å². The number of hydrogen-bond acceptors (Lipinski definition) is 4. The second kappa shape index (κ2) is 42.1. The van der Waals surface area contributed by atoms with Crippen molar-refractivity contribution in [3.8, 4) is 0 Å². The number of carboxylic acid groups (broad SMARTS) is 2. The van der Waals surface area contributed by atoms with Crippen LogP contribution in [0.1, 0.15) is 194 Å². The van der Waals surface area contributed by atoms with E-state index in [0.717, 1.165) is 38.5 Å². The van der Waals surface area contributed by atoms with Gasteiger partial charge in [0.2, 0.25) is 0 Å². The first-order chi connectivity index (χ1) is 19.5. The van der Waals surface area contributed by atoms with Gasteiger partial charge >= 0.3 is 49.4 Å². The third kappa shape index (κ3) is 50.0. The third-order valence-electron chi connectivity index (χ3n) is 7.29. The summed E-state index contributed by atoms with van der Waals surface area (Å²) in [5, 5.41) is 20.4. The van der Waals surface area contributed by atoms with E-state index in [1.54, 1.807) is 0 Å². The largest absolute Gasteiger partial charge is 2.00 e. The van der Waals surface area contributed by atoms with Gasteiger partial charge in [-0.3, -0.25) is 0 Å². The summed E-state index contributed by atoms with van der Waals surface area (Å²) in [4.78, 5) is 20.4. The maximum absolute atomic E-state index is 10.2. The van der Waals surface area contributed by atoms with Gasteiger partial charge in [0, 0.05) is 11.9 Å². The van der Waals surface area contributed by atoms with Crippen molar-refractivity contribution >= 4 is 11.9 Å². The Hall–Kier alpha value is 0.00442. The van der Waals surface area contributed by atoms with Gasteiger partial charge in [-0.1, -0.05) is 141 Å². The van der Waals surface area contributed by atoms with Gasteiger partial charge in [-0.2, -0.15) is 0 Å². The quantitative estimate of drug-likeness (QED) is 0.0549. The fraction of sp³-hybridized carbons (Fsp3) is 0.833. The van der Waals surface area contributed by atoms with Gasteiger partial charge < -0.3 is 19.8 Å². The van der Waals surface area contributed by atoms with E-state index in [-0.39, 0.29) is 62.2 Å². The molecule has 0 atom stereocenters. The van der Waals surface area contributed by atoms with Gasteiger partial charge in [0.25, 0.3) is 0 Å². The zero-order valence-electron chi connectivity index (χ0n) is 27.1. The first-order valence-electron chi connectivity index (χ1n) is 17.2. The first kappa shape index (κ1) is 45.4. The fourth-order valence-electron chi connectivity index (χ4n) is 4.68. The van der Waals surface area contributed by atoms with Gasteiger partial charge in [0.05, 0.1) is 0 Å². The van der Waals surface area contributed by atoms with E-state index in [1.165, 1.54) is 128 Å². The topological polar surface area (TPSA) is 80.3 Å². The Kier molecular flexibility index (Phi) is 46.7. The van der Waals surface area contributed by atoms with Crippen LogP contribution < -0.4 is 10.2 Å². The van der Waals surface area contributed by atoms with Gasteiger partial charge in [0.1, 0.15) is 0 Å². The van der Waals surface area contributed by atoms with E-state index >= 15 is 0 Å². The Morgan fingerprint density at radius 2 is 0.610 bits per heavy atom. The Bertz CT molecular complexity index is 524. The molecule has 5 heteroatoms. The van der Waals surface area contributed by atoms with Crippen LogP contribution in [-0.2, 0) is 9.59 Å². The molecule has 241 valence electrons. The minimum atomic E-state index is -0.914. The molecule has 1 radical (unpaired) electrons. The van der Waals surface area contributed by atoms with Gasteiger partial charge in [-0.15, -0.1) is 0 Å². The van der Waals surface area contributed by atoms with Crippen molar-refractivity contribution in [3.05, 3.63) is 24.3 Å². The molecule has 0 unspecified atom stereocenters. The smallest absolute Gasteiger partial charge is 0.550 e. The maximum atomic E-state index is 10.2. The fourth-order valence-corrected chi connectivity index (χ4v) is 4.68. The molecule has 0 aromatic carbocycles. The van der Waals surface area contributed by atoms with Crippen molar-refractivity contribution in [1.82, 2.24) is 0 Å². The van der Waals surface area contributed by atoms with Crippen molar-refractivity contribution < 1.29 is 69.2 Å². The minimum Gasteiger partial charge on any atom is -0.550 e. The summed E-state index contributed by atoms with van der Waals surface area (Å²) in [5.74, 6) is -1.83. The Morgan fingerprint density at radius 3 is 0.854 bits per heavy atom. The molecule has 4 nitrogen and oxygen atoms in total. The molecule has 41 heavy (non-hydrogen) atoms. The molecule has 0 aromatic rings. The molecule has 0 aliphatic rings. The third-order valence-corrected chi connectivity index (χ3v) is 7.29. The van der Waals surface area contributed by atoms with Crippen LogP contribution in [0.2, 0.25) is 0 Å². The Balaban J connectivity index is -0.000000688. The van der Waals surface area contributed by atoms with Crippen molar-refractivity contribution in [2.45, 2.75) is 194 Å². The van der Waals surface area contributed by atoms with Crippen LogP contribution in [0.4, 0.5) is 0 Å². The second-order valence-corrected chi connectivity index (χ2v) is 11.4. The van der Waals surface area contributed by atoms with Crippen molar-refractivity contribution in [1.29, 1.82) is 0 Å². The summed E-state index contributed by atoms with van der Waals surface area (Å²) in [6.07, 6.45) is 41.8. The number of carboxylic acids is 2. The molecule has 0 saturated carbocycles. The zero-order chi connectivity index (χ0) is 29.8. The molecule has 0 aliphatic carbocycles. The van der Waals surface area contributed by atoms with E-state index in [9.17, 15) is 19.8 Å². The van der Waals surface area contributed by atoms with Crippen LogP contribution in [0.5, 0.6) is 0 Å². The van der Waals surface area contributed by atoms with E-state index in [4.69, 9.17) is 0 Å². The predicted octanol–water partition coefficient (Wildman–Crippen LogP) is 9.55. The molecule has 0 N–H and O–H groups in total. The summed E-state index contributed by atoms with van der Waals surface area (Å²) >= 11 is 0. The standard InChI is InChI=1S/2C18H34O2.Eu/c2*1-2-3-4-5-6-7-8-9-10-11-12-13-14-15-16-17-18(19)20;/h2*9-10H,2-8,11-17H2,1H3,(H,19,20);/q;;+2/p-2.